The van der Waals surface area contributed by atoms with Gasteiger partial charge in [-0.2, -0.15) is 9.61 Å². The van der Waals surface area contributed by atoms with E-state index in [1.54, 1.807) is 18.2 Å². The van der Waals surface area contributed by atoms with Crippen LogP contribution in [0.3, 0.4) is 0 Å². The standard InChI is InChI=1S/C26H32ClN7O3/c1-16-19(8-9-28)30-23-14-20-21-5-3-4-11-33(21)26(36)18-13-17(27)6-7-22(18)37-15-24(35)29-10-12-32(2)25(16)34(23)31-20/h6-7,13-14,21H,3-5,8-12,15,28H2,1-2H3,(H,29,35). The normalized spacial score (nSPS) is 19.0. The molecule has 2 aliphatic heterocycles. The quantitative estimate of drug-likeness (QED) is 0.527. The minimum Gasteiger partial charge on any atom is -0.483 e. The molecule has 10 nitrogen and oxygen atoms in total. The number of carbonyl (C=O) groups is 2. The molecule has 3 aromatic rings. The minimum absolute atomic E-state index is 0.197. The smallest absolute Gasteiger partial charge is 0.258 e. The Bertz CT molecular complexity index is 1340. The highest BCUT2D eigenvalue weighted by molar-refractivity contribution is 6.31. The van der Waals surface area contributed by atoms with Crippen molar-refractivity contribution in [2.24, 2.45) is 5.73 Å². The molecule has 0 aliphatic carbocycles. The molecule has 196 valence electrons. The second-order valence-corrected chi connectivity index (χ2v) is 10.0. The van der Waals surface area contributed by atoms with Gasteiger partial charge in [-0.25, -0.2) is 4.98 Å². The third kappa shape index (κ3) is 4.95. The first-order valence-electron chi connectivity index (χ1n) is 12.7. The highest BCUT2D eigenvalue weighted by Crippen LogP contribution is 2.35. The molecule has 0 saturated carbocycles. The van der Waals surface area contributed by atoms with Crippen LogP contribution in [0.4, 0.5) is 5.82 Å². The Hall–Kier alpha value is -3.37. The Morgan fingerprint density at radius 1 is 1.22 bits per heavy atom. The lowest BCUT2D eigenvalue weighted by Crippen LogP contribution is -2.39. The number of hydrogen-bond acceptors (Lipinski definition) is 7. The molecule has 2 aliphatic rings. The molecule has 2 aromatic heterocycles. The van der Waals surface area contributed by atoms with Crippen LogP contribution in [0.5, 0.6) is 5.75 Å². The number of likely N-dealkylation sites (N-methyl/N-ethyl adjacent to an activating group) is 1. The molecule has 0 spiro atoms. The minimum atomic E-state index is -0.272. The van der Waals surface area contributed by atoms with Gasteiger partial charge in [-0.15, -0.1) is 0 Å². The Labute approximate surface area is 220 Å². The molecule has 2 bridgehead atoms. The number of anilines is 1. The van der Waals surface area contributed by atoms with Crippen molar-refractivity contribution in [1.29, 1.82) is 0 Å². The lowest BCUT2D eigenvalue weighted by Gasteiger charge is -2.35. The van der Waals surface area contributed by atoms with E-state index in [9.17, 15) is 9.59 Å². The Balaban J connectivity index is 1.66. The number of nitrogens with one attached hydrogen (secondary N) is 1. The predicted molar refractivity (Wildman–Crippen MR) is 141 cm³/mol. The molecule has 1 fully saturated rings. The van der Waals surface area contributed by atoms with Crippen LogP contribution < -0.4 is 20.7 Å². The second kappa shape index (κ2) is 10.5. The summed E-state index contributed by atoms with van der Waals surface area (Å²) in [6.07, 6.45) is 3.30. The third-order valence-corrected chi connectivity index (χ3v) is 7.31. The number of ether oxygens (including phenoxy) is 1. The van der Waals surface area contributed by atoms with E-state index in [0.29, 0.717) is 54.6 Å². The molecule has 11 heteroatoms. The summed E-state index contributed by atoms with van der Waals surface area (Å²) in [7, 11) is 1.97. The molecule has 4 heterocycles. The molecule has 5 rings (SSSR count). The van der Waals surface area contributed by atoms with Crippen LogP contribution in [-0.4, -0.2) is 71.1 Å². The molecule has 0 radical (unpaired) electrons. The summed E-state index contributed by atoms with van der Waals surface area (Å²) in [6, 6.07) is 6.65. The van der Waals surface area contributed by atoms with Crippen molar-refractivity contribution in [3.63, 3.8) is 0 Å². The van der Waals surface area contributed by atoms with Crippen LogP contribution in [0.2, 0.25) is 5.02 Å². The number of halogens is 1. The summed E-state index contributed by atoms with van der Waals surface area (Å²) in [6.45, 7) is 3.86. The van der Waals surface area contributed by atoms with Gasteiger partial charge >= 0.3 is 0 Å². The van der Waals surface area contributed by atoms with Crippen LogP contribution in [0.1, 0.15) is 52.6 Å². The van der Waals surface area contributed by atoms with Crippen molar-refractivity contribution in [3.05, 3.63) is 51.8 Å². The zero-order valence-corrected chi connectivity index (χ0v) is 21.9. The zero-order valence-electron chi connectivity index (χ0n) is 21.2. The van der Waals surface area contributed by atoms with Crippen LogP contribution in [0.15, 0.2) is 24.3 Å². The van der Waals surface area contributed by atoms with Gasteiger partial charge in [0.1, 0.15) is 11.6 Å². The van der Waals surface area contributed by atoms with E-state index in [1.165, 1.54) is 0 Å². The summed E-state index contributed by atoms with van der Waals surface area (Å²) in [4.78, 5) is 35.2. The molecule has 1 atom stereocenters. The maximum Gasteiger partial charge on any atom is 0.258 e. The van der Waals surface area contributed by atoms with Crippen molar-refractivity contribution in [3.8, 4) is 5.75 Å². The van der Waals surface area contributed by atoms with Crippen molar-refractivity contribution < 1.29 is 14.3 Å². The van der Waals surface area contributed by atoms with E-state index in [4.69, 9.17) is 32.2 Å². The fourth-order valence-electron chi connectivity index (χ4n) is 5.22. The topological polar surface area (TPSA) is 118 Å². The van der Waals surface area contributed by atoms with Crippen LogP contribution in [-0.2, 0) is 11.2 Å². The highest BCUT2D eigenvalue weighted by Gasteiger charge is 2.33. The van der Waals surface area contributed by atoms with Gasteiger partial charge in [-0.1, -0.05) is 11.6 Å². The number of aromatic nitrogens is 3. The van der Waals surface area contributed by atoms with E-state index >= 15 is 0 Å². The fourth-order valence-corrected chi connectivity index (χ4v) is 5.39. The van der Waals surface area contributed by atoms with Crippen LogP contribution >= 0.6 is 11.6 Å². The number of hydrogen-bond donors (Lipinski definition) is 2. The lowest BCUT2D eigenvalue weighted by molar-refractivity contribution is -0.123. The van der Waals surface area contributed by atoms with E-state index in [0.717, 1.165) is 42.0 Å². The first-order chi connectivity index (χ1) is 17.9. The second-order valence-electron chi connectivity index (χ2n) is 9.60. The highest BCUT2D eigenvalue weighted by atomic mass is 35.5. The molecule has 37 heavy (non-hydrogen) atoms. The summed E-state index contributed by atoms with van der Waals surface area (Å²) in [5, 5.41) is 8.31. The van der Waals surface area contributed by atoms with Gasteiger partial charge < -0.3 is 25.6 Å². The number of rotatable bonds is 2. The van der Waals surface area contributed by atoms with Crippen LogP contribution in [0.25, 0.3) is 5.65 Å². The Morgan fingerprint density at radius 3 is 2.86 bits per heavy atom. The maximum atomic E-state index is 13.9. The number of amides is 2. The number of carbonyl (C=O) groups excluding carboxylic acids is 2. The molecular weight excluding hydrogens is 494 g/mol. The van der Waals surface area contributed by atoms with Crippen LogP contribution in [0, 0.1) is 6.92 Å². The zero-order chi connectivity index (χ0) is 26.1. The Morgan fingerprint density at radius 2 is 2.05 bits per heavy atom. The van der Waals surface area contributed by atoms with Crippen molar-refractivity contribution in [2.45, 2.75) is 38.6 Å². The van der Waals surface area contributed by atoms with Gasteiger partial charge in [0, 0.05) is 49.8 Å². The Kier molecular flexibility index (Phi) is 7.21. The predicted octanol–water partition coefficient (Wildman–Crippen LogP) is 2.50. The molecule has 3 N–H and O–H groups in total. The van der Waals surface area contributed by atoms with Crippen molar-refractivity contribution >= 4 is 34.9 Å². The summed E-state index contributed by atoms with van der Waals surface area (Å²) < 4.78 is 7.65. The average molecular weight is 526 g/mol. The van der Waals surface area contributed by atoms with E-state index in [2.05, 4.69) is 10.2 Å². The number of nitrogens with zero attached hydrogens (tertiary/aromatic N) is 5. The summed E-state index contributed by atoms with van der Waals surface area (Å²) >= 11 is 6.27. The summed E-state index contributed by atoms with van der Waals surface area (Å²) in [5.74, 6) is 0.755. The number of benzene rings is 1. The molecular formula is C26H32ClN7O3. The van der Waals surface area contributed by atoms with Crippen molar-refractivity contribution in [2.75, 3.05) is 44.7 Å². The van der Waals surface area contributed by atoms with Gasteiger partial charge in [0.25, 0.3) is 11.8 Å². The van der Waals surface area contributed by atoms with Gasteiger partial charge in [0.15, 0.2) is 12.3 Å². The fraction of sp³-hybridized carbons (Fsp3) is 0.462. The number of piperidine rings is 1. The van der Waals surface area contributed by atoms with Gasteiger partial charge in [0.05, 0.1) is 23.0 Å². The summed E-state index contributed by atoms with van der Waals surface area (Å²) in [5.41, 5.74) is 9.63. The molecule has 1 saturated heterocycles. The maximum absolute atomic E-state index is 13.9. The third-order valence-electron chi connectivity index (χ3n) is 7.08. The van der Waals surface area contributed by atoms with Crippen molar-refractivity contribution in [1.82, 2.24) is 24.8 Å². The van der Waals surface area contributed by atoms with Gasteiger partial charge in [0.2, 0.25) is 0 Å². The van der Waals surface area contributed by atoms with E-state index in [1.807, 2.05) is 29.5 Å². The average Bonchev–Trinajstić information content (AvgIpc) is 3.30. The number of nitrogens with two attached hydrogens (primary N) is 1. The first kappa shape index (κ1) is 25.3. The van der Waals surface area contributed by atoms with E-state index in [-0.39, 0.29) is 24.5 Å². The molecule has 1 aromatic carbocycles. The van der Waals surface area contributed by atoms with E-state index < -0.39 is 0 Å². The molecule has 1 unspecified atom stereocenters. The largest absolute Gasteiger partial charge is 0.483 e. The lowest BCUT2D eigenvalue weighted by atomic mass is 9.98. The first-order valence-corrected chi connectivity index (χ1v) is 13.1. The van der Waals surface area contributed by atoms with Gasteiger partial charge in [-0.05, 0) is 50.9 Å². The SMILES string of the molecule is Cc1c(CCN)nc2cc3nn2c1N(C)CCNC(=O)COc1ccc(Cl)cc1C(=O)N1CCCCC31. The molecule has 2 amide bonds. The number of fused-ring (bicyclic) bond motifs is 4. The van der Waals surface area contributed by atoms with Gasteiger partial charge in [-0.3, -0.25) is 9.59 Å². The monoisotopic (exact) mass is 525 g/mol.